The molecule has 10 heteroatoms. The Bertz CT molecular complexity index is 1230. The van der Waals surface area contributed by atoms with E-state index in [1.54, 1.807) is 54.6 Å². The molecule has 0 unspecified atom stereocenters. The molecule has 1 aliphatic rings. The fraction of sp³-hybridized carbons (Fsp3) is 0.0455. The van der Waals surface area contributed by atoms with Crippen LogP contribution in [0.4, 0.5) is 16.2 Å². The first kappa shape index (κ1) is 21.1. The maximum Gasteiger partial charge on any atom is 0.298 e. The van der Waals surface area contributed by atoms with Crippen molar-refractivity contribution >= 4 is 40.4 Å². The minimum atomic E-state index is -0.550. The lowest BCUT2D eigenvalue weighted by Gasteiger charge is -2.12. The summed E-state index contributed by atoms with van der Waals surface area (Å²) in [5, 5.41) is 10.4. The zero-order valence-electron chi connectivity index (χ0n) is 16.6. The van der Waals surface area contributed by atoms with Crippen molar-refractivity contribution < 1.29 is 24.0 Å². The minimum absolute atomic E-state index is 0.149. The largest absolute Gasteiger partial charge is 0.493 e. The van der Waals surface area contributed by atoms with Crippen LogP contribution in [-0.4, -0.2) is 28.2 Å². The van der Waals surface area contributed by atoms with E-state index in [-0.39, 0.29) is 21.7 Å². The van der Waals surface area contributed by atoms with Gasteiger partial charge < -0.3 is 9.47 Å². The van der Waals surface area contributed by atoms with Gasteiger partial charge in [0.15, 0.2) is 11.5 Å². The lowest BCUT2D eigenvalue weighted by atomic mass is 10.2. The zero-order valence-corrected chi connectivity index (χ0v) is 17.4. The van der Waals surface area contributed by atoms with Gasteiger partial charge in [-0.25, -0.2) is 9.88 Å². The first-order chi connectivity index (χ1) is 15.5. The second kappa shape index (κ2) is 8.90. The summed E-state index contributed by atoms with van der Waals surface area (Å²) in [6.45, 7) is 0. The number of imide groups is 1. The average Bonchev–Trinajstić information content (AvgIpc) is 3.08. The molecule has 1 aromatic heterocycles. The van der Waals surface area contributed by atoms with Crippen LogP contribution in [0.2, 0.25) is 0 Å². The molecule has 0 aliphatic carbocycles. The van der Waals surface area contributed by atoms with E-state index in [2.05, 4.69) is 4.98 Å². The van der Waals surface area contributed by atoms with Gasteiger partial charge in [-0.2, -0.15) is 0 Å². The van der Waals surface area contributed by atoms with Gasteiger partial charge >= 0.3 is 0 Å². The minimum Gasteiger partial charge on any atom is -0.493 e. The van der Waals surface area contributed by atoms with E-state index in [1.807, 2.05) is 0 Å². The Morgan fingerprint density at radius 2 is 1.84 bits per heavy atom. The van der Waals surface area contributed by atoms with Gasteiger partial charge in [0.25, 0.3) is 16.8 Å². The normalized spacial score (nSPS) is 14.7. The molecule has 1 fully saturated rings. The summed E-state index contributed by atoms with van der Waals surface area (Å²) in [7, 11) is 1.46. The molecule has 0 spiro atoms. The average molecular weight is 449 g/mol. The molecular weight excluding hydrogens is 434 g/mol. The topological polar surface area (TPSA) is 112 Å². The number of hydrogen-bond donors (Lipinski definition) is 0. The van der Waals surface area contributed by atoms with Crippen LogP contribution in [0.3, 0.4) is 0 Å². The maximum atomic E-state index is 12.8. The van der Waals surface area contributed by atoms with Crippen LogP contribution in [0, 0.1) is 10.1 Å². The molecule has 0 saturated carbocycles. The molecule has 0 radical (unpaired) electrons. The third kappa shape index (κ3) is 4.30. The number of anilines is 1. The van der Waals surface area contributed by atoms with Crippen molar-refractivity contribution in [1.82, 2.24) is 4.98 Å². The van der Waals surface area contributed by atoms with Crippen LogP contribution in [0.1, 0.15) is 5.56 Å². The van der Waals surface area contributed by atoms with Crippen LogP contribution < -0.4 is 14.4 Å². The summed E-state index contributed by atoms with van der Waals surface area (Å²) in [4.78, 5) is 40.6. The quantitative estimate of drug-likeness (QED) is 0.293. The van der Waals surface area contributed by atoms with E-state index in [9.17, 15) is 19.7 Å². The van der Waals surface area contributed by atoms with Crippen LogP contribution in [0.15, 0.2) is 71.8 Å². The molecule has 2 aromatic carbocycles. The number of hydrogen-bond acceptors (Lipinski definition) is 8. The van der Waals surface area contributed by atoms with Gasteiger partial charge in [0.05, 0.1) is 22.6 Å². The molecule has 0 bridgehead atoms. The van der Waals surface area contributed by atoms with E-state index in [0.717, 1.165) is 22.9 Å². The Morgan fingerprint density at radius 3 is 2.50 bits per heavy atom. The van der Waals surface area contributed by atoms with Crippen LogP contribution in [-0.2, 0) is 4.79 Å². The van der Waals surface area contributed by atoms with Gasteiger partial charge in [-0.05, 0) is 47.7 Å². The number of carbonyl (C=O) groups is 2. The highest BCUT2D eigenvalue weighted by Crippen LogP contribution is 2.37. The van der Waals surface area contributed by atoms with Crippen molar-refractivity contribution in [2.75, 3.05) is 12.0 Å². The first-order valence-electron chi connectivity index (χ1n) is 9.25. The second-order valence-corrected chi connectivity index (χ2v) is 7.47. The fourth-order valence-corrected chi connectivity index (χ4v) is 3.77. The number of nitro groups is 1. The predicted molar refractivity (Wildman–Crippen MR) is 119 cm³/mol. The second-order valence-electron chi connectivity index (χ2n) is 6.48. The lowest BCUT2D eigenvalue weighted by Crippen LogP contribution is -2.27. The number of methoxy groups -OCH3 is 1. The van der Waals surface area contributed by atoms with Gasteiger partial charge in [-0.3, -0.25) is 19.7 Å². The molecule has 1 aliphatic heterocycles. The first-order valence-corrected chi connectivity index (χ1v) is 10.1. The van der Waals surface area contributed by atoms with Gasteiger partial charge in [0.1, 0.15) is 6.20 Å². The smallest absolute Gasteiger partial charge is 0.298 e. The molecule has 1 saturated heterocycles. The standard InChI is InChI=1S/C22H15N3O6S/c1-30-18-11-14(7-9-17(18)31-20-10-8-16(13-23-20)25(28)29)12-19-21(26)24(22(27)32-19)15-5-3-2-4-6-15/h2-13H,1H3/b19-12+. The highest BCUT2D eigenvalue weighted by molar-refractivity contribution is 8.19. The summed E-state index contributed by atoms with van der Waals surface area (Å²) in [6, 6.07) is 16.3. The van der Waals surface area contributed by atoms with Crippen molar-refractivity contribution in [3.05, 3.63) is 87.4 Å². The molecule has 2 amide bonds. The Balaban J connectivity index is 1.56. The molecule has 9 nitrogen and oxygen atoms in total. The number of pyridine rings is 1. The Kier molecular flexibility index (Phi) is 5.86. The molecule has 160 valence electrons. The summed E-state index contributed by atoms with van der Waals surface area (Å²) in [5.41, 5.74) is 0.990. The summed E-state index contributed by atoms with van der Waals surface area (Å²) in [6.07, 6.45) is 2.70. The van der Waals surface area contributed by atoms with Gasteiger partial charge in [0.2, 0.25) is 5.88 Å². The summed E-state index contributed by atoms with van der Waals surface area (Å²) >= 11 is 0.857. The van der Waals surface area contributed by atoms with Gasteiger partial charge in [-0.15, -0.1) is 0 Å². The maximum absolute atomic E-state index is 12.8. The predicted octanol–water partition coefficient (Wildman–Crippen LogP) is 5.03. The third-order valence-corrected chi connectivity index (χ3v) is 5.31. The molecule has 0 N–H and O–H groups in total. The monoisotopic (exact) mass is 449 g/mol. The van der Waals surface area contributed by atoms with E-state index < -0.39 is 10.8 Å². The van der Waals surface area contributed by atoms with Crippen LogP contribution >= 0.6 is 11.8 Å². The molecule has 0 atom stereocenters. The number of ether oxygens (including phenoxy) is 2. The van der Waals surface area contributed by atoms with Crippen molar-refractivity contribution in [3.8, 4) is 17.4 Å². The number of amides is 2. The van der Waals surface area contributed by atoms with E-state index in [0.29, 0.717) is 22.7 Å². The number of nitrogens with zero attached hydrogens (tertiary/aromatic N) is 3. The molecule has 4 rings (SSSR count). The Labute approximate surface area is 186 Å². The lowest BCUT2D eigenvalue weighted by molar-refractivity contribution is -0.385. The van der Waals surface area contributed by atoms with Gasteiger partial charge in [0, 0.05) is 12.1 Å². The highest BCUT2D eigenvalue weighted by atomic mass is 32.2. The van der Waals surface area contributed by atoms with Gasteiger partial charge in [-0.1, -0.05) is 24.3 Å². The number of benzene rings is 2. The number of thioether (sulfide) groups is 1. The SMILES string of the molecule is COc1cc(/C=C2/SC(=O)N(c3ccccc3)C2=O)ccc1Oc1ccc([N+](=O)[O-])cn1. The van der Waals surface area contributed by atoms with E-state index >= 15 is 0 Å². The van der Waals surface area contributed by atoms with Crippen molar-refractivity contribution in [2.45, 2.75) is 0 Å². The zero-order chi connectivity index (χ0) is 22.7. The number of rotatable bonds is 6. The number of carbonyl (C=O) groups excluding carboxylic acids is 2. The number of para-hydroxylation sites is 1. The highest BCUT2D eigenvalue weighted by Gasteiger charge is 2.36. The Hall–Kier alpha value is -4.18. The molecule has 2 heterocycles. The van der Waals surface area contributed by atoms with Crippen molar-refractivity contribution in [1.29, 1.82) is 0 Å². The van der Waals surface area contributed by atoms with Crippen molar-refractivity contribution in [3.63, 3.8) is 0 Å². The Morgan fingerprint density at radius 1 is 1.06 bits per heavy atom. The third-order valence-electron chi connectivity index (χ3n) is 4.44. The molecule has 32 heavy (non-hydrogen) atoms. The fourth-order valence-electron chi connectivity index (χ4n) is 2.93. The molecule has 3 aromatic rings. The summed E-state index contributed by atoms with van der Waals surface area (Å²) in [5.74, 6) is 0.454. The van der Waals surface area contributed by atoms with Crippen LogP contribution in [0.5, 0.6) is 17.4 Å². The van der Waals surface area contributed by atoms with Crippen LogP contribution in [0.25, 0.3) is 6.08 Å². The van der Waals surface area contributed by atoms with Crippen molar-refractivity contribution in [2.24, 2.45) is 0 Å². The van der Waals surface area contributed by atoms with E-state index in [4.69, 9.17) is 9.47 Å². The van der Waals surface area contributed by atoms with E-state index in [1.165, 1.54) is 19.2 Å². The summed E-state index contributed by atoms with van der Waals surface area (Å²) < 4.78 is 11.0. The number of aromatic nitrogens is 1. The molecular formula is C22H15N3O6S.